The molecule has 0 saturated heterocycles. The van der Waals surface area contributed by atoms with Gasteiger partial charge in [-0.15, -0.1) is 0 Å². The van der Waals surface area contributed by atoms with Gasteiger partial charge in [0.25, 0.3) is 11.5 Å². The van der Waals surface area contributed by atoms with Gasteiger partial charge in [0.2, 0.25) is 0 Å². The third-order valence-corrected chi connectivity index (χ3v) is 5.77. The van der Waals surface area contributed by atoms with E-state index in [0.717, 1.165) is 25.7 Å². The van der Waals surface area contributed by atoms with Gasteiger partial charge in [-0.3, -0.25) is 9.59 Å². The molecule has 1 heterocycles. The first kappa shape index (κ1) is 16.2. The lowest BCUT2D eigenvalue weighted by atomic mass is 10.0. The zero-order chi connectivity index (χ0) is 18.5. The zero-order valence-corrected chi connectivity index (χ0v) is 15.3. The summed E-state index contributed by atoms with van der Waals surface area (Å²) in [6.45, 7) is 0. The minimum Gasteiger partial charge on any atom is -0.327 e. The summed E-state index contributed by atoms with van der Waals surface area (Å²) < 4.78 is 1.28. The molecule has 2 aliphatic carbocycles. The SMILES string of the molecule is Cn1nc(C(=O)N(C2CC2)C2CCc3ccccc32)c2ccccc2c1=O. The maximum absolute atomic E-state index is 13.6. The summed E-state index contributed by atoms with van der Waals surface area (Å²) in [5.41, 5.74) is 2.79. The Kier molecular flexibility index (Phi) is 3.64. The summed E-state index contributed by atoms with van der Waals surface area (Å²) in [5, 5.41) is 5.56. The lowest BCUT2D eigenvalue weighted by molar-refractivity contribution is 0.0652. The van der Waals surface area contributed by atoms with Gasteiger partial charge in [-0.2, -0.15) is 5.10 Å². The monoisotopic (exact) mass is 359 g/mol. The number of benzene rings is 2. The molecular weight excluding hydrogens is 338 g/mol. The first-order valence-corrected chi connectivity index (χ1v) is 9.51. The number of aromatic nitrogens is 2. The molecule has 0 aliphatic heterocycles. The van der Waals surface area contributed by atoms with Gasteiger partial charge in [-0.1, -0.05) is 42.5 Å². The highest BCUT2D eigenvalue weighted by Gasteiger charge is 2.41. The molecule has 1 amide bonds. The molecule has 136 valence electrons. The number of rotatable bonds is 3. The van der Waals surface area contributed by atoms with E-state index in [2.05, 4.69) is 23.3 Å². The molecule has 1 fully saturated rings. The van der Waals surface area contributed by atoms with Crippen molar-refractivity contribution in [3.05, 3.63) is 75.7 Å². The number of amides is 1. The summed E-state index contributed by atoms with van der Waals surface area (Å²) in [4.78, 5) is 28.1. The molecule has 1 atom stereocenters. The van der Waals surface area contributed by atoms with Crippen molar-refractivity contribution in [1.82, 2.24) is 14.7 Å². The van der Waals surface area contributed by atoms with Crippen molar-refractivity contribution < 1.29 is 4.79 Å². The molecule has 5 nitrogen and oxygen atoms in total. The van der Waals surface area contributed by atoms with Gasteiger partial charge < -0.3 is 4.90 Å². The summed E-state index contributed by atoms with van der Waals surface area (Å²) in [6.07, 6.45) is 4.02. The maximum Gasteiger partial charge on any atom is 0.275 e. The van der Waals surface area contributed by atoms with E-state index in [4.69, 9.17) is 0 Å². The summed E-state index contributed by atoms with van der Waals surface area (Å²) in [5.74, 6) is -0.0639. The average molecular weight is 359 g/mol. The predicted molar refractivity (Wildman–Crippen MR) is 104 cm³/mol. The smallest absolute Gasteiger partial charge is 0.275 e. The molecule has 0 spiro atoms. The van der Waals surface area contributed by atoms with Gasteiger partial charge in [-0.25, -0.2) is 4.68 Å². The van der Waals surface area contributed by atoms with Crippen LogP contribution in [0.15, 0.2) is 53.3 Å². The van der Waals surface area contributed by atoms with Crippen molar-refractivity contribution in [3.8, 4) is 0 Å². The summed E-state index contributed by atoms with van der Waals surface area (Å²) in [6, 6.07) is 16.0. The van der Waals surface area contributed by atoms with Crippen molar-refractivity contribution in [2.75, 3.05) is 0 Å². The highest BCUT2D eigenvalue weighted by Crippen LogP contribution is 2.42. The summed E-state index contributed by atoms with van der Waals surface area (Å²) in [7, 11) is 1.61. The van der Waals surface area contributed by atoms with E-state index < -0.39 is 0 Å². The first-order chi connectivity index (χ1) is 13.1. The number of hydrogen-bond donors (Lipinski definition) is 0. The lowest BCUT2D eigenvalue weighted by Gasteiger charge is -2.30. The van der Waals surface area contributed by atoms with E-state index in [9.17, 15) is 9.59 Å². The van der Waals surface area contributed by atoms with Crippen LogP contribution >= 0.6 is 0 Å². The van der Waals surface area contributed by atoms with Gasteiger partial charge in [0.05, 0.1) is 11.4 Å². The number of carbonyl (C=O) groups excluding carboxylic acids is 1. The zero-order valence-electron chi connectivity index (χ0n) is 15.3. The molecule has 27 heavy (non-hydrogen) atoms. The van der Waals surface area contributed by atoms with Crippen LogP contribution in [0.3, 0.4) is 0 Å². The number of carbonyl (C=O) groups is 1. The van der Waals surface area contributed by atoms with Crippen molar-refractivity contribution in [1.29, 1.82) is 0 Å². The minimum atomic E-state index is -0.175. The van der Waals surface area contributed by atoms with Gasteiger partial charge in [-0.05, 0) is 42.9 Å². The van der Waals surface area contributed by atoms with Gasteiger partial charge in [0.1, 0.15) is 0 Å². The predicted octanol–water partition coefficient (Wildman–Crippen LogP) is 3.23. The van der Waals surface area contributed by atoms with Crippen molar-refractivity contribution >= 4 is 16.7 Å². The Bertz CT molecular complexity index is 1110. The van der Waals surface area contributed by atoms with Crippen molar-refractivity contribution in [3.63, 3.8) is 0 Å². The second kappa shape index (κ2) is 6.05. The quantitative estimate of drug-likeness (QED) is 0.721. The Morgan fingerprint density at radius 3 is 2.52 bits per heavy atom. The standard InChI is InChI=1S/C22H21N3O2/c1-24-21(26)18-9-5-4-8-17(18)20(23-24)22(27)25(15-11-12-15)19-13-10-14-6-2-3-7-16(14)19/h2-9,15,19H,10-13H2,1H3. The van der Waals surface area contributed by atoms with Crippen LogP contribution in [0, 0.1) is 0 Å². The molecule has 5 rings (SSSR count). The number of aryl methyl sites for hydroxylation is 2. The highest BCUT2D eigenvalue weighted by atomic mass is 16.2. The topological polar surface area (TPSA) is 55.2 Å². The molecule has 3 aromatic rings. The third-order valence-electron chi connectivity index (χ3n) is 5.77. The lowest BCUT2D eigenvalue weighted by Crippen LogP contribution is -2.38. The Labute approximate surface area is 157 Å². The molecule has 5 heteroatoms. The largest absolute Gasteiger partial charge is 0.327 e. The fourth-order valence-corrected chi connectivity index (χ4v) is 4.32. The van der Waals surface area contributed by atoms with Crippen LogP contribution < -0.4 is 5.56 Å². The van der Waals surface area contributed by atoms with Crippen LogP contribution in [0.25, 0.3) is 10.8 Å². The second-order valence-electron chi connectivity index (χ2n) is 7.52. The van der Waals surface area contributed by atoms with Crippen LogP contribution in [0.1, 0.15) is 46.9 Å². The first-order valence-electron chi connectivity index (χ1n) is 9.51. The van der Waals surface area contributed by atoms with Gasteiger partial charge in [0, 0.05) is 18.5 Å². The maximum atomic E-state index is 13.6. The van der Waals surface area contributed by atoms with E-state index in [1.807, 2.05) is 29.2 Å². The van der Waals surface area contributed by atoms with E-state index >= 15 is 0 Å². The average Bonchev–Trinajstić information content (AvgIpc) is 3.44. The molecule has 0 radical (unpaired) electrons. The Hall–Kier alpha value is -2.95. The normalized spacial score (nSPS) is 18.5. The van der Waals surface area contributed by atoms with E-state index in [0.29, 0.717) is 16.5 Å². The Balaban J connectivity index is 1.63. The number of hydrogen-bond acceptors (Lipinski definition) is 3. The molecular formula is C22H21N3O2. The van der Waals surface area contributed by atoms with E-state index in [1.165, 1.54) is 15.8 Å². The summed E-state index contributed by atoms with van der Waals surface area (Å²) >= 11 is 0. The molecule has 1 aromatic heterocycles. The van der Waals surface area contributed by atoms with Gasteiger partial charge >= 0.3 is 0 Å². The molecule has 1 unspecified atom stereocenters. The van der Waals surface area contributed by atoms with Crippen molar-refractivity contribution in [2.45, 2.75) is 37.8 Å². The number of nitrogens with zero attached hydrogens (tertiary/aromatic N) is 3. The van der Waals surface area contributed by atoms with E-state index in [1.54, 1.807) is 13.1 Å². The fraction of sp³-hybridized carbons (Fsp3) is 0.318. The van der Waals surface area contributed by atoms with Gasteiger partial charge in [0.15, 0.2) is 5.69 Å². The third kappa shape index (κ3) is 2.57. The molecule has 2 aromatic carbocycles. The van der Waals surface area contributed by atoms with Crippen molar-refractivity contribution in [2.24, 2.45) is 7.05 Å². The van der Waals surface area contributed by atoms with Crippen LogP contribution in [0.5, 0.6) is 0 Å². The van der Waals surface area contributed by atoms with Crippen LogP contribution in [-0.2, 0) is 13.5 Å². The molecule has 2 aliphatic rings. The Morgan fingerprint density at radius 1 is 1.04 bits per heavy atom. The van der Waals surface area contributed by atoms with Crippen LogP contribution in [-0.4, -0.2) is 26.6 Å². The Morgan fingerprint density at radius 2 is 1.74 bits per heavy atom. The second-order valence-corrected chi connectivity index (χ2v) is 7.52. The number of fused-ring (bicyclic) bond motifs is 2. The van der Waals surface area contributed by atoms with Crippen LogP contribution in [0.2, 0.25) is 0 Å². The molecule has 0 N–H and O–H groups in total. The van der Waals surface area contributed by atoms with E-state index in [-0.39, 0.29) is 23.6 Å². The van der Waals surface area contributed by atoms with Crippen LogP contribution in [0.4, 0.5) is 0 Å². The molecule has 1 saturated carbocycles. The fourth-order valence-electron chi connectivity index (χ4n) is 4.32. The minimum absolute atomic E-state index is 0.0639. The highest BCUT2D eigenvalue weighted by molar-refractivity contribution is 6.05. The molecule has 0 bridgehead atoms.